The van der Waals surface area contributed by atoms with Crippen molar-refractivity contribution in [3.05, 3.63) is 34.9 Å². The SMILES string of the molecule is COCCCN(C)CC(O)c1ccc(C)c(C)c1. The highest BCUT2D eigenvalue weighted by Gasteiger charge is 2.11. The van der Waals surface area contributed by atoms with E-state index in [0.717, 1.165) is 25.1 Å². The standard InChI is InChI=1S/C15H25NO2/c1-12-6-7-14(10-13(12)2)15(17)11-16(3)8-5-9-18-4/h6-7,10,15,17H,5,8-9,11H2,1-4H3. The summed E-state index contributed by atoms with van der Waals surface area (Å²) in [5.74, 6) is 0. The van der Waals surface area contributed by atoms with Crippen molar-refractivity contribution in [3.63, 3.8) is 0 Å². The van der Waals surface area contributed by atoms with Crippen LogP contribution in [0.2, 0.25) is 0 Å². The van der Waals surface area contributed by atoms with Gasteiger partial charge in [-0.25, -0.2) is 0 Å². The molecule has 3 nitrogen and oxygen atoms in total. The fraction of sp³-hybridized carbons (Fsp3) is 0.600. The lowest BCUT2D eigenvalue weighted by atomic mass is 10.0. The van der Waals surface area contributed by atoms with Crippen molar-refractivity contribution in [1.29, 1.82) is 0 Å². The van der Waals surface area contributed by atoms with Gasteiger partial charge in [0.25, 0.3) is 0 Å². The maximum atomic E-state index is 10.2. The minimum Gasteiger partial charge on any atom is -0.387 e. The van der Waals surface area contributed by atoms with Crippen LogP contribution in [0.1, 0.15) is 29.2 Å². The van der Waals surface area contributed by atoms with Gasteiger partial charge in [-0.15, -0.1) is 0 Å². The number of aliphatic hydroxyl groups is 1. The average Bonchev–Trinajstić information content (AvgIpc) is 2.33. The van der Waals surface area contributed by atoms with E-state index in [1.807, 2.05) is 13.1 Å². The maximum Gasteiger partial charge on any atom is 0.0916 e. The molecule has 1 aromatic rings. The van der Waals surface area contributed by atoms with Gasteiger partial charge in [0.2, 0.25) is 0 Å². The first kappa shape index (κ1) is 15.2. The normalized spacial score (nSPS) is 13.0. The van der Waals surface area contributed by atoms with Gasteiger partial charge in [0.15, 0.2) is 0 Å². The van der Waals surface area contributed by atoms with Crippen LogP contribution in [0.25, 0.3) is 0 Å². The van der Waals surface area contributed by atoms with Gasteiger partial charge in [0.1, 0.15) is 0 Å². The van der Waals surface area contributed by atoms with E-state index < -0.39 is 6.10 Å². The molecule has 0 fully saturated rings. The minimum atomic E-state index is -0.420. The van der Waals surface area contributed by atoms with Crippen molar-refractivity contribution in [1.82, 2.24) is 4.90 Å². The number of rotatable bonds is 7. The van der Waals surface area contributed by atoms with E-state index in [2.05, 4.69) is 30.9 Å². The zero-order valence-corrected chi connectivity index (χ0v) is 11.9. The number of ether oxygens (including phenoxy) is 1. The van der Waals surface area contributed by atoms with Crippen molar-refractivity contribution in [2.75, 3.05) is 33.9 Å². The van der Waals surface area contributed by atoms with Gasteiger partial charge in [0.05, 0.1) is 6.10 Å². The summed E-state index contributed by atoms with van der Waals surface area (Å²) in [7, 11) is 3.74. The molecule has 1 N–H and O–H groups in total. The van der Waals surface area contributed by atoms with E-state index in [4.69, 9.17) is 4.74 Å². The topological polar surface area (TPSA) is 32.7 Å². The first-order valence-electron chi connectivity index (χ1n) is 6.47. The van der Waals surface area contributed by atoms with Crippen LogP contribution >= 0.6 is 0 Å². The highest BCUT2D eigenvalue weighted by atomic mass is 16.5. The highest BCUT2D eigenvalue weighted by Crippen LogP contribution is 2.17. The number of hydrogen-bond donors (Lipinski definition) is 1. The Bertz CT molecular complexity index is 366. The lowest BCUT2D eigenvalue weighted by Gasteiger charge is -2.21. The first-order chi connectivity index (χ1) is 8.54. The summed E-state index contributed by atoms with van der Waals surface area (Å²) in [5, 5.41) is 10.2. The monoisotopic (exact) mass is 251 g/mol. The molecule has 3 heteroatoms. The quantitative estimate of drug-likeness (QED) is 0.755. The predicted octanol–water partition coefficient (Wildman–Crippen LogP) is 2.31. The van der Waals surface area contributed by atoms with Crippen LogP contribution in [-0.4, -0.2) is 43.9 Å². The van der Waals surface area contributed by atoms with Gasteiger partial charge >= 0.3 is 0 Å². The van der Waals surface area contributed by atoms with E-state index in [1.165, 1.54) is 11.1 Å². The van der Waals surface area contributed by atoms with E-state index >= 15 is 0 Å². The van der Waals surface area contributed by atoms with E-state index in [9.17, 15) is 5.11 Å². The molecule has 18 heavy (non-hydrogen) atoms. The third kappa shape index (κ3) is 4.77. The molecule has 0 aliphatic carbocycles. The van der Waals surface area contributed by atoms with Gasteiger partial charge in [-0.05, 0) is 44.0 Å². The summed E-state index contributed by atoms with van der Waals surface area (Å²) in [6.07, 6.45) is 0.573. The van der Waals surface area contributed by atoms with Crippen LogP contribution in [0.4, 0.5) is 0 Å². The lowest BCUT2D eigenvalue weighted by Crippen LogP contribution is -2.26. The Balaban J connectivity index is 2.48. The molecule has 0 aliphatic heterocycles. The molecule has 0 heterocycles. The van der Waals surface area contributed by atoms with Gasteiger partial charge in [-0.2, -0.15) is 0 Å². The van der Waals surface area contributed by atoms with Crippen molar-refractivity contribution in [3.8, 4) is 0 Å². The predicted molar refractivity (Wildman–Crippen MR) is 74.9 cm³/mol. The molecule has 0 radical (unpaired) electrons. The zero-order chi connectivity index (χ0) is 13.5. The fourth-order valence-corrected chi connectivity index (χ4v) is 1.94. The molecule has 1 unspecified atom stereocenters. The molecule has 0 saturated heterocycles. The molecule has 102 valence electrons. The van der Waals surface area contributed by atoms with E-state index in [1.54, 1.807) is 7.11 Å². The summed E-state index contributed by atoms with van der Waals surface area (Å²) < 4.78 is 5.02. The van der Waals surface area contributed by atoms with Gasteiger partial charge < -0.3 is 14.7 Å². The largest absolute Gasteiger partial charge is 0.387 e. The molecule has 0 aromatic heterocycles. The Morgan fingerprint density at radius 1 is 1.28 bits per heavy atom. The number of benzene rings is 1. The second kappa shape index (κ2) is 7.52. The summed E-state index contributed by atoms with van der Waals surface area (Å²) in [5.41, 5.74) is 3.49. The Labute approximate surface area is 110 Å². The Kier molecular flexibility index (Phi) is 6.33. The highest BCUT2D eigenvalue weighted by molar-refractivity contribution is 5.31. The van der Waals surface area contributed by atoms with Crippen LogP contribution < -0.4 is 0 Å². The smallest absolute Gasteiger partial charge is 0.0916 e. The average molecular weight is 251 g/mol. The molecule has 0 amide bonds. The summed E-state index contributed by atoms with van der Waals surface area (Å²) >= 11 is 0. The molecule has 0 aliphatic rings. The number of nitrogens with zero attached hydrogens (tertiary/aromatic N) is 1. The molecular weight excluding hydrogens is 226 g/mol. The number of aryl methyl sites for hydroxylation is 2. The summed E-state index contributed by atoms with van der Waals surface area (Å²) in [6, 6.07) is 6.15. The van der Waals surface area contributed by atoms with Gasteiger partial charge in [0, 0.05) is 26.8 Å². The second-order valence-electron chi connectivity index (χ2n) is 4.97. The number of methoxy groups -OCH3 is 1. The van der Waals surface area contributed by atoms with Gasteiger partial charge in [-0.3, -0.25) is 0 Å². The van der Waals surface area contributed by atoms with Crippen molar-refractivity contribution < 1.29 is 9.84 Å². The molecule has 0 spiro atoms. The molecule has 1 rings (SSSR count). The number of likely N-dealkylation sites (N-methyl/N-ethyl adjacent to an activating group) is 1. The van der Waals surface area contributed by atoms with Crippen LogP contribution in [0.5, 0.6) is 0 Å². The van der Waals surface area contributed by atoms with Crippen molar-refractivity contribution >= 4 is 0 Å². The fourth-order valence-electron chi connectivity index (χ4n) is 1.94. The Hall–Kier alpha value is -0.900. The summed E-state index contributed by atoms with van der Waals surface area (Å²) in [4.78, 5) is 2.14. The van der Waals surface area contributed by atoms with Crippen LogP contribution in [0.15, 0.2) is 18.2 Å². The molecule has 0 saturated carbocycles. The van der Waals surface area contributed by atoms with Crippen molar-refractivity contribution in [2.45, 2.75) is 26.4 Å². The molecule has 1 atom stereocenters. The number of aliphatic hydroxyl groups excluding tert-OH is 1. The molecular formula is C15H25NO2. The van der Waals surface area contributed by atoms with E-state index in [0.29, 0.717) is 6.54 Å². The van der Waals surface area contributed by atoms with Gasteiger partial charge in [-0.1, -0.05) is 18.2 Å². The third-order valence-electron chi connectivity index (χ3n) is 3.29. The Morgan fingerprint density at radius 2 is 2.00 bits per heavy atom. The zero-order valence-electron chi connectivity index (χ0n) is 11.9. The number of hydrogen-bond acceptors (Lipinski definition) is 3. The maximum absolute atomic E-state index is 10.2. The van der Waals surface area contributed by atoms with Crippen molar-refractivity contribution in [2.24, 2.45) is 0 Å². The molecule has 0 bridgehead atoms. The molecule has 1 aromatic carbocycles. The third-order valence-corrected chi connectivity index (χ3v) is 3.29. The van der Waals surface area contributed by atoms with Crippen LogP contribution in [0.3, 0.4) is 0 Å². The second-order valence-corrected chi connectivity index (χ2v) is 4.97. The summed E-state index contributed by atoms with van der Waals surface area (Å²) in [6.45, 7) is 6.53. The lowest BCUT2D eigenvalue weighted by molar-refractivity contribution is 0.117. The van der Waals surface area contributed by atoms with Crippen LogP contribution in [0, 0.1) is 13.8 Å². The Morgan fingerprint density at radius 3 is 2.61 bits per heavy atom. The minimum absolute atomic E-state index is 0.420. The van der Waals surface area contributed by atoms with Crippen LogP contribution in [-0.2, 0) is 4.74 Å². The first-order valence-corrected chi connectivity index (χ1v) is 6.47. The van der Waals surface area contributed by atoms with E-state index in [-0.39, 0.29) is 0 Å².